The Bertz CT molecular complexity index is 252. The molecule has 1 aromatic rings. The van der Waals surface area contributed by atoms with Gasteiger partial charge in [-0.25, -0.2) is 0 Å². The molecule has 0 aliphatic rings. The average molecular weight is 144 g/mol. The Morgan fingerprint density at radius 2 is 1.64 bits per heavy atom. The molecule has 0 aromatic heterocycles. The van der Waals surface area contributed by atoms with E-state index in [9.17, 15) is 0 Å². The highest BCUT2D eigenvalue weighted by atomic mass is 13.9. The van der Waals surface area contributed by atoms with Crippen molar-refractivity contribution in [2.75, 3.05) is 0 Å². The van der Waals surface area contributed by atoms with Crippen LogP contribution in [-0.4, -0.2) is 0 Å². The van der Waals surface area contributed by atoms with Crippen molar-refractivity contribution in [3.05, 3.63) is 48.0 Å². The average Bonchev–Trinajstić information content (AvgIpc) is 2.07. The normalized spacial score (nSPS) is 10.3. The van der Waals surface area contributed by atoms with Crippen molar-refractivity contribution in [2.45, 2.75) is 6.92 Å². The molecule has 0 bridgehead atoms. The first-order valence-electron chi connectivity index (χ1n) is 3.72. The maximum atomic E-state index is 3.69. The van der Waals surface area contributed by atoms with Gasteiger partial charge in [0.15, 0.2) is 0 Å². The molecule has 56 valence electrons. The van der Waals surface area contributed by atoms with Crippen LogP contribution in [-0.2, 0) is 0 Å². The third-order valence-corrected chi connectivity index (χ3v) is 1.53. The second-order valence-electron chi connectivity index (χ2n) is 2.37. The zero-order valence-corrected chi connectivity index (χ0v) is 6.75. The van der Waals surface area contributed by atoms with E-state index < -0.39 is 0 Å². The van der Waals surface area contributed by atoms with Crippen LogP contribution >= 0.6 is 0 Å². The van der Waals surface area contributed by atoms with Crippen molar-refractivity contribution in [1.82, 2.24) is 0 Å². The van der Waals surface area contributed by atoms with Crippen LogP contribution in [0.4, 0.5) is 0 Å². The highest BCUT2D eigenvalue weighted by Gasteiger charge is 1.85. The second kappa shape index (κ2) is 3.77. The minimum absolute atomic E-state index is 1.17. The van der Waals surface area contributed by atoms with Crippen LogP contribution in [0.15, 0.2) is 36.9 Å². The Kier molecular flexibility index (Phi) is 2.67. The number of allylic oxidation sites excluding steroid dienone is 1. The monoisotopic (exact) mass is 144 g/mol. The Labute approximate surface area is 67.9 Å². The predicted octanol–water partition coefficient (Wildman–Crippen LogP) is 3.36. The van der Waals surface area contributed by atoms with E-state index in [4.69, 9.17) is 0 Å². The molecule has 1 rings (SSSR count). The Morgan fingerprint density at radius 3 is 2.09 bits per heavy atom. The summed E-state index contributed by atoms with van der Waals surface area (Å²) >= 11 is 0. The van der Waals surface area contributed by atoms with Crippen LogP contribution in [0.5, 0.6) is 0 Å². The van der Waals surface area contributed by atoms with Gasteiger partial charge in [0.05, 0.1) is 0 Å². The molecular formula is C11H12. The van der Waals surface area contributed by atoms with Crippen molar-refractivity contribution < 1.29 is 0 Å². The third kappa shape index (κ3) is 2.08. The molecule has 0 aliphatic carbocycles. The van der Waals surface area contributed by atoms with E-state index in [-0.39, 0.29) is 0 Å². The lowest BCUT2D eigenvalue weighted by atomic mass is 10.1. The fourth-order valence-corrected chi connectivity index (χ4v) is 0.936. The van der Waals surface area contributed by atoms with E-state index in [0.717, 1.165) is 0 Å². The molecule has 0 fully saturated rings. The van der Waals surface area contributed by atoms with Gasteiger partial charge in [-0.05, 0) is 18.1 Å². The molecule has 0 saturated heterocycles. The number of hydrogen-bond donors (Lipinski definition) is 0. The maximum absolute atomic E-state index is 3.69. The first-order chi connectivity index (χ1) is 5.36. The first kappa shape index (κ1) is 7.80. The molecule has 0 radical (unpaired) electrons. The van der Waals surface area contributed by atoms with Gasteiger partial charge in [-0.3, -0.25) is 0 Å². The van der Waals surface area contributed by atoms with Crippen LogP contribution in [0.3, 0.4) is 0 Å². The standard InChI is InChI=1S/C11H12/c1-3-5-11-8-6-10(4-2)7-9-11/h3-9H,2H2,1H3/b5-3-. The van der Waals surface area contributed by atoms with Gasteiger partial charge in [0.2, 0.25) is 0 Å². The van der Waals surface area contributed by atoms with E-state index in [1.807, 2.05) is 19.1 Å². The Balaban J connectivity index is 2.91. The molecule has 0 amide bonds. The zero-order chi connectivity index (χ0) is 8.10. The van der Waals surface area contributed by atoms with Crippen LogP contribution in [0.25, 0.3) is 12.2 Å². The van der Waals surface area contributed by atoms with Gasteiger partial charge in [0.1, 0.15) is 0 Å². The summed E-state index contributed by atoms with van der Waals surface area (Å²) < 4.78 is 0. The van der Waals surface area contributed by atoms with E-state index in [0.29, 0.717) is 0 Å². The summed E-state index contributed by atoms with van der Waals surface area (Å²) in [4.78, 5) is 0. The van der Waals surface area contributed by atoms with E-state index in [1.54, 1.807) is 0 Å². The van der Waals surface area contributed by atoms with Gasteiger partial charge in [-0.15, -0.1) is 0 Å². The molecule has 0 unspecified atom stereocenters. The highest BCUT2D eigenvalue weighted by molar-refractivity contribution is 5.54. The summed E-state index contributed by atoms with van der Waals surface area (Å²) in [7, 11) is 0. The lowest BCUT2D eigenvalue weighted by Crippen LogP contribution is -1.72. The van der Waals surface area contributed by atoms with Crippen molar-refractivity contribution in [3.8, 4) is 0 Å². The second-order valence-corrected chi connectivity index (χ2v) is 2.37. The highest BCUT2D eigenvalue weighted by Crippen LogP contribution is 2.06. The predicted molar refractivity (Wildman–Crippen MR) is 51.2 cm³/mol. The molecule has 0 aliphatic heterocycles. The summed E-state index contributed by atoms with van der Waals surface area (Å²) in [6.07, 6.45) is 5.95. The minimum atomic E-state index is 1.17. The van der Waals surface area contributed by atoms with Gasteiger partial charge in [0, 0.05) is 0 Å². The van der Waals surface area contributed by atoms with Gasteiger partial charge in [0.25, 0.3) is 0 Å². The quantitative estimate of drug-likeness (QED) is 0.597. The van der Waals surface area contributed by atoms with Crippen molar-refractivity contribution >= 4 is 12.2 Å². The van der Waals surface area contributed by atoms with Crippen LogP contribution in [0, 0.1) is 0 Å². The first-order valence-corrected chi connectivity index (χ1v) is 3.72. The van der Waals surface area contributed by atoms with Gasteiger partial charge in [-0.2, -0.15) is 0 Å². The lowest BCUT2D eigenvalue weighted by Gasteiger charge is -1.93. The maximum Gasteiger partial charge on any atom is -0.0260 e. The van der Waals surface area contributed by atoms with Gasteiger partial charge >= 0.3 is 0 Å². The topological polar surface area (TPSA) is 0 Å². The van der Waals surface area contributed by atoms with Gasteiger partial charge < -0.3 is 0 Å². The van der Waals surface area contributed by atoms with Crippen molar-refractivity contribution in [3.63, 3.8) is 0 Å². The molecule has 0 atom stereocenters. The fourth-order valence-electron chi connectivity index (χ4n) is 0.936. The summed E-state index contributed by atoms with van der Waals surface area (Å²) in [5, 5.41) is 0. The largest absolute Gasteiger partial charge is 0.0985 e. The third-order valence-electron chi connectivity index (χ3n) is 1.53. The molecule has 11 heavy (non-hydrogen) atoms. The van der Waals surface area contributed by atoms with Crippen LogP contribution in [0.1, 0.15) is 18.1 Å². The van der Waals surface area contributed by atoms with Crippen LogP contribution < -0.4 is 0 Å². The number of rotatable bonds is 2. The molecule has 0 heteroatoms. The van der Waals surface area contributed by atoms with Gasteiger partial charge in [-0.1, -0.05) is 49.1 Å². The SMILES string of the molecule is C=Cc1ccc(/C=C\C)cc1. The minimum Gasteiger partial charge on any atom is -0.0985 e. The van der Waals surface area contributed by atoms with E-state index >= 15 is 0 Å². The molecular weight excluding hydrogens is 132 g/mol. The summed E-state index contributed by atoms with van der Waals surface area (Å²) in [6, 6.07) is 8.28. The fraction of sp³-hybridized carbons (Fsp3) is 0.0909. The van der Waals surface area contributed by atoms with E-state index in [1.165, 1.54) is 11.1 Å². The molecule has 0 N–H and O–H groups in total. The Hall–Kier alpha value is -1.30. The number of hydrogen-bond acceptors (Lipinski definition) is 0. The molecule has 0 heterocycles. The van der Waals surface area contributed by atoms with Crippen LogP contribution in [0.2, 0.25) is 0 Å². The molecule has 1 aromatic carbocycles. The molecule has 0 saturated carbocycles. The Morgan fingerprint density at radius 1 is 1.09 bits per heavy atom. The zero-order valence-electron chi connectivity index (χ0n) is 6.75. The summed E-state index contributed by atoms with van der Waals surface area (Å²) in [5.41, 5.74) is 2.40. The van der Waals surface area contributed by atoms with Crippen molar-refractivity contribution in [2.24, 2.45) is 0 Å². The smallest absolute Gasteiger partial charge is 0.0260 e. The summed E-state index contributed by atoms with van der Waals surface area (Å²) in [5.74, 6) is 0. The molecule has 0 spiro atoms. The lowest BCUT2D eigenvalue weighted by molar-refractivity contribution is 1.61. The number of benzene rings is 1. The summed E-state index contributed by atoms with van der Waals surface area (Å²) in [6.45, 7) is 5.70. The van der Waals surface area contributed by atoms with Crippen molar-refractivity contribution in [1.29, 1.82) is 0 Å². The molecule has 0 nitrogen and oxygen atoms in total. The van der Waals surface area contributed by atoms with E-state index in [2.05, 4.69) is 36.9 Å².